The molecule has 33 heavy (non-hydrogen) atoms. The van der Waals surface area contributed by atoms with E-state index in [2.05, 4.69) is 0 Å². The molecule has 2 aromatic heterocycles. The highest BCUT2D eigenvalue weighted by Gasteiger charge is 2.24. The van der Waals surface area contributed by atoms with E-state index in [1.165, 1.54) is 0 Å². The maximum atomic E-state index is 12.8. The fraction of sp³-hybridized carbons (Fsp3) is 0.0370. The van der Waals surface area contributed by atoms with Crippen LogP contribution in [0.5, 0.6) is 11.5 Å². The Morgan fingerprint density at radius 1 is 0.879 bits per heavy atom. The molecular weight excluding hydrogens is 418 g/mol. The summed E-state index contributed by atoms with van der Waals surface area (Å²) in [5.41, 5.74) is 2.26. The first-order valence-electron chi connectivity index (χ1n) is 10.3. The van der Waals surface area contributed by atoms with Gasteiger partial charge >= 0.3 is 5.97 Å². The molecule has 0 unspecified atom stereocenters. The van der Waals surface area contributed by atoms with Gasteiger partial charge in [-0.05, 0) is 54.6 Å². The number of hydrogen-bond donors (Lipinski definition) is 0. The third-order valence-electron chi connectivity index (χ3n) is 5.05. The van der Waals surface area contributed by atoms with Crippen LogP contribution in [0.1, 0.15) is 10.4 Å². The third-order valence-corrected chi connectivity index (χ3v) is 5.05. The number of esters is 1. The van der Waals surface area contributed by atoms with Crippen molar-refractivity contribution in [2.45, 2.75) is 0 Å². The zero-order chi connectivity index (χ0) is 22.6. The van der Waals surface area contributed by atoms with Crippen molar-refractivity contribution in [1.29, 1.82) is 0 Å². The Labute approximate surface area is 190 Å². The molecule has 2 heterocycles. The van der Waals surface area contributed by atoms with Gasteiger partial charge in [0.05, 0.1) is 24.5 Å². The van der Waals surface area contributed by atoms with Crippen LogP contribution < -0.4 is 9.47 Å². The Balaban J connectivity index is 1.65. The molecule has 5 rings (SSSR count). The number of rotatable bonds is 6. The Hall–Kier alpha value is -4.58. The number of carbonyl (C=O) groups excluding carboxylic acids is 1. The van der Waals surface area contributed by atoms with Gasteiger partial charge in [-0.2, -0.15) is 0 Å². The minimum Gasteiger partial charge on any atom is -0.497 e. The summed E-state index contributed by atoms with van der Waals surface area (Å²) in [4.78, 5) is 17.5. The Bertz CT molecular complexity index is 1370. The van der Waals surface area contributed by atoms with Crippen molar-refractivity contribution in [3.8, 4) is 45.7 Å². The number of nitrogens with zero attached hydrogens (tertiary/aromatic N) is 1. The number of hydrogen-bond acceptors (Lipinski definition) is 6. The summed E-state index contributed by atoms with van der Waals surface area (Å²) >= 11 is 0. The number of ether oxygens (including phenoxy) is 2. The van der Waals surface area contributed by atoms with Crippen molar-refractivity contribution in [3.05, 3.63) is 103 Å². The molecule has 0 aliphatic carbocycles. The average Bonchev–Trinajstić information content (AvgIpc) is 3.56. The van der Waals surface area contributed by atoms with Gasteiger partial charge in [-0.3, -0.25) is 0 Å². The first kappa shape index (κ1) is 20.3. The van der Waals surface area contributed by atoms with E-state index >= 15 is 0 Å². The smallest absolute Gasteiger partial charge is 0.343 e. The lowest BCUT2D eigenvalue weighted by Crippen LogP contribution is -2.09. The summed E-state index contributed by atoms with van der Waals surface area (Å²) in [6.07, 6.45) is 1.56. The number of furan rings is 1. The average molecular weight is 437 g/mol. The molecule has 0 N–H and O–H groups in total. The van der Waals surface area contributed by atoms with Crippen LogP contribution in [0, 0.1) is 0 Å². The van der Waals surface area contributed by atoms with Crippen molar-refractivity contribution < 1.29 is 23.1 Å². The van der Waals surface area contributed by atoms with Gasteiger partial charge in [0.15, 0.2) is 11.5 Å². The van der Waals surface area contributed by atoms with Crippen molar-refractivity contribution in [1.82, 2.24) is 4.98 Å². The van der Waals surface area contributed by atoms with E-state index in [-0.39, 0.29) is 0 Å². The number of carbonyl (C=O) groups is 1. The lowest BCUT2D eigenvalue weighted by Gasteiger charge is -2.11. The van der Waals surface area contributed by atoms with Gasteiger partial charge in [0.25, 0.3) is 0 Å². The van der Waals surface area contributed by atoms with E-state index in [1.807, 2.05) is 36.4 Å². The summed E-state index contributed by atoms with van der Waals surface area (Å²) in [6, 6.07) is 27.1. The Morgan fingerprint density at radius 3 is 2.33 bits per heavy atom. The maximum Gasteiger partial charge on any atom is 0.343 e. The van der Waals surface area contributed by atoms with E-state index in [1.54, 1.807) is 68.0 Å². The minimum atomic E-state index is -0.478. The molecule has 162 valence electrons. The van der Waals surface area contributed by atoms with Crippen LogP contribution in [-0.2, 0) is 0 Å². The molecule has 6 nitrogen and oxygen atoms in total. The molecule has 3 aromatic carbocycles. The van der Waals surface area contributed by atoms with Gasteiger partial charge in [-0.15, -0.1) is 0 Å². The summed E-state index contributed by atoms with van der Waals surface area (Å²) in [6.45, 7) is 0. The summed E-state index contributed by atoms with van der Waals surface area (Å²) in [7, 11) is 1.57. The summed E-state index contributed by atoms with van der Waals surface area (Å²) < 4.78 is 22.9. The van der Waals surface area contributed by atoms with Gasteiger partial charge in [-0.25, -0.2) is 9.78 Å². The van der Waals surface area contributed by atoms with Crippen molar-refractivity contribution in [3.63, 3.8) is 0 Å². The van der Waals surface area contributed by atoms with Crippen LogP contribution in [-0.4, -0.2) is 18.1 Å². The molecule has 0 radical (unpaired) electrons. The van der Waals surface area contributed by atoms with Gasteiger partial charge in [-0.1, -0.05) is 36.4 Å². The molecule has 0 amide bonds. The Kier molecular flexibility index (Phi) is 5.47. The highest BCUT2D eigenvalue weighted by Crippen LogP contribution is 2.41. The first-order valence-corrected chi connectivity index (χ1v) is 10.3. The predicted octanol–water partition coefficient (Wildman–Crippen LogP) is 6.50. The monoisotopic (exact) mass is 437 g/mol. The van der Waals surface area contributed by atoms with Crippen LogP contribution in [0.4, 0.5) is 0 Å². The molecule has 0 aliphatic rings. The second-order valence-electron chi connectivity index (χ2n) is 7.16. The van der Waals surface area contributed by atoms with Crippen LogP contribution >= 0.6 is 0 Å². The molecule has 5 aromatic rings. The SMILES string of the molecule is COc1ccc(OC(=O)c2ccccc2)c(-c2nc(-c3ccccc3)oc2-c2ccco2)c1. The molecule has 6 heteroatoms. The van der Waals surface area contributed by atoms with Crippen LogP contribution in [0.3, 0.4) is 0 Å². The van der Waals surface area contributed by atoms with Gasteiger partial charge in [0.2, 0.25) is 5.89 Å². The molecule has 0 saturated heterocycles. The quantitative estimate of drug-likeness (QED) is 0.223. The molecule has 0 fully saturated rings. The van der Waals surface area contributed by atoms with Gasteiger partial charge < -0.3 is 18.3 Å². The van der Waals surface area contributed by atoms with E-state index in [4.69, 9.17) is 23.3 Å². The fourth-order valence-electron chi connectivity index (χ4n) is 3.42. The second-order valence-corrected chi connectivity index (χ2v) is 7.16. The van der Waals surface area contributed by atoms with E-state index in [0.717, 1.165) is 5.56 Å². The van der Waals surface area contributed by atoms with Crippen molar-refractivity contribution in [2.75, 3.05) is 7.11 Å². The number of methoxy groups -OCH3 is 1. The minimum absolute atomic E-state index is 0.324. The summed E-state index contributed by atoms with van der Waals surface area (Å²) in [5.74, 6) is 1.77. The van der Waals surface area contributed by atoms with Crippen LogP contribution in [0.25, 0.3) is 34.2 Å². The van der Waals surface area contributed by atoms with E-state index < -0.39 is 5.97 Å². The normalized spacial score (nSPS) is 10.7. The lowest BCUT2D eigenvalue weighted by molar-refractivity contribution is 0.0735. The van der Waals surface area contributed by atoms with Gasteiger partial charge in [0.1, 0.15) is 17.2 Å². The molecule has 0 atom stereocenters. The molecular formula is C27H19NO5. The topological polar surface area (TPSA) is 74.7 Å². The Morgan fingerprint density at radius 2 is 1.64 bits per heavy atom. The maximum absolute atomic E-state index is 12.8. The zero-order valence-electron chi connectivity index (χ0n) is 17.7. The van der Waals surface area contributed by atoms with Crippen molar-refractivity contribution in [2.24, 2.45) is 0 Å². The number of oxazole rings is 1. The van der Waals surface area contributed by atoms with E-state index in [9.17, 15) is 4.79 Å². The third kappa shape index (κ3) is 4.14. The summed E-state index contributed by atoms with van der Waals surface area (Å²) in [5, 5.41) is 0. The molecule has 0 aliphatic heterocycles. The first-order chi connectivity index (χ1) is 16.2. The highest BCUT2D eigenvalue weighted by atomic mass is 16.5. The molecule has 0 bridgehead atoms. The zero-order valence-corrected chi connectivity index (χ0v) is 17.7. The molecule has 0 spiro atoms. The number of benzene rings is 3. The highest BCUT2D eigenvalue weighted by molar-refractivity contribution is 5.92. The van der Waals surface area contributed by atoms with Gasteiger partial charge in [0, 0.05) is 5.56 Å². The fourth-order valence-corrected chi connectivity index (χ4v) is 3.42. The lowest BCUT2D eigenvalue weighted by atomic mass is 10.1. The van der Waals surface area contributed by atoms with E-state index in [0.29, 0.717) is 45.7 Å². The van der Waals surface area contributed by atoms with Crippen molar-refractivity contribution >= 4 is 5.97 Å². The van der Waals surface area contributed by atoms with Crippen LogP contribution in [0.15, 0.2) is 106 Å². The second kappa shape index (κ2) is 8.88. The standard InChI is InChI=1S/C27H19NO5/c1-30-20-14-15-22(32-27(29)19-11-6-3-7-12-19)21(17-20)24-25(23-13-8-16-31-23)33-26(28-24)18-9-4-2-5-10-18/h2-17H,1H3. The predicted molar refractivity (Wildman–Crippen MR) is 123 cm³/mol. The van der Waals surface area contributed by atoms with Crippen LogP contribution in [0.2, 0.25) is 0 Å². The molecule has 0 saturated carbocycles. The number of aromatic nitrogens is 1. The largest absolute Gasteiger partial charge is 0.497 e.